The molecular weight excluding hydrogens is 534 g/mol. The fourth-order valence-electron chi connectivity index (χ4n) is 5.64. The number of carboxylic acids is 2. The first-order valence-corrected chi connectivity index (χ1v) is 11.5. The third kappa shape index (κ3) is 3.26. The van der Waals surface area contributed by atoms with E-state index in [9.17, 15) is 29.4 Å². The Hall–Kier alpha value is -3.64. The van der Waals surface area contributed by atoms with Crippen LogP contribution in [0.2, 0.25) is 0 Å². The molecule has 0 saturated heterocycles. The molecule has 0 saturated carbocycles. The molecule has 0 aliphatic heterocycles. The van der Waals surface area contributed by atoms with E-state index in [1.807, 2.05) is 0 Å². The first-order valence-electron chi connectivity index (χ1n) is 11.5. The standard InChI is InChI=1S/C28H12N4O6.2Na/c33-25-15-5-6-16-22-14(24-30-18-8-2-12(28(37)38)10-20(18)32(24)26(16)34)4-3-13(21(15)22)23-29-17-7-1-11(27(35)36)9-19(17)31(23)25;;/h1-10H,(H,35,36)(H,37,38);;/q;2*+1/p-2. The summed E-state index contributed by atoms with van der Waals surface area (Å²) in [6.45, 7) is 0. The Bertz CT molecular complexity index is 2350. The maximum Gasteiger partial charge on any atom is 1.00 e. The number of fused-ring (bicyclic) bond motifs is 8. The van der Waals surface area contributed by atoms with Gasteiger partial charge in [-0.15, -0.1) is 0 Å². The molecule has 0 fully saturated rings. The van der Waals surface area contributed by atoms with Crippen LogP contribution in [0, 0.1) is 0 Å². The molecule has 4 aromatic carbocycles. The van der Waals surface area contributed by atoms with E-state index in [0.717, 1.165) is 0 Å². The van der Waals surface area contributed by atoms with Gasteiger partial charge in [-0.2, -0.15) is 0 Å². The fourth-order valence-corrected chi connectivity index (χ4v) is 5.64. The van der Waals surface area contributed by atoms with Crippen LogP contribution in [0.4, 0.5) is 0 Å². The number of aromatic nitrogens is 4. The second kappa shape index (κ2) is 8.93. The van der Waals surface area contributed by atoms with Crippen molar-refractivity contribution < 1.29 is 78.9 Å². The summed E-state index contributed by atoms with van der Waals surface area (Å²) >= 11 is 0. The topological polar surface area (TPSA) is 149 Å². The van der Waals surface area contributed by atoms with Crippen molar-refractivity contribution >= 4 is 77.6 Å². The summed E-state index contributed by atoms with van der Waals surface area (Å²) in [5, 5.41) is 25.9. The summed E-state index contributed by atoms with van der Waals surface area (Å²) in [5.74, 6) is -2.73. The molecule has 4 heterocycles. The van der Waals surface area contributed by atoms with E-state index in [1.165, 1.54) is 45.2 Å². The Kier molecular flexibility index (Phi) is 5.94. The number of carbonyl (C=O) groups is 2. The molecule has 0 radical (unpaired) electrons. The predicted molar refractivity (Wildman–Crippen MR) is 135 cm³/mol. The Morgan fingerprint density at radius 2 is 0.950 bits per heavy atom. The minimum Gasteiger partial charge on any atom is -0.545 e. The molecular formula is C28H10N4Na2O6. The van der Waals surface area contributed by atoms with Gasteiger partial charge in [-0.25, -0.2) is 9.97 Å². The number of rotatable bonds is 2. The van der Waals surface area contributed by atoms with Gasteiger partial charge in [0.15, 0.2) is 0 Å². The number of nitrogens with zero attached hydrogens (tertiary/aromatic N) is 4. The van der Waals surface area contributed by atoms with Crippen molar-refractivity contribution in [3.63, 3.8) is 0 Å². The van der Waals surface area contributed by atoms with Crippen molar-refractivity contribution in [3.05, 3.63) is 92.5 Å². The molecule has 0 aliphatic rings. The monoisotopic (exact) mass is 544 g/mol. The van der Waals surface area contributed by atoms with E-state index in [-0.39, 0.29) is 70.2 Å². The van der Waals surface area contributed by atoms with Gasteiger partial charge in [0.05, 0.1) is 34.0 Å². The Balaban J connectivity index is 0.00000145. The summed E-state index contributed by atoms with van der Waals surface area (Å²) < 4.78 is 2.76. The fraction of sp³-hybridized carbons (Fsp3) is 0. The second-order valence-corrected chi connectivity index (χ2v) is 9.21. The molecule has 180 valence electrons. The van der Waals surface area contributed by atoms with Gasteiger partial charge in [-0.3, -0.25) is 18.4 Å². The molecule has 0 aliphatic carbocycles. The molecule has 4 aromatic heterocycles. The number of pyridine rings is 2. The molecule has 0 amide bonds. The predicted octanol–water partition coefficient (Wildman–Crippen LogP) is -4.92. The third-order valence-electron chi connectivity index (χ3n) is 7.29. The molecule has 0 unspecified atom stereocenters. The van der Waals surface area contributed by atoms with Crippen molar-refractivity contribution in [3.8, 4) is 0 Å². The maximum absolute atomic E-state index is 13.7. The normalized spacial score (nSPS) is 11.7. The first kappa shape index (κ1) is 26.6. The van der Waals surface area contributed by atoms with Crippen molar-refractivity contribution in [2.45, 2.75) is 0 Å². The Morgan fingerprint density at radius 3 is 1.32 bits per heavy atom. The number of carbonyl (C=O) groups excluding carboxylic acids is 2. The van der Waals surface area contributed by atoms with Gasteiger partial charge >= 0.3 is 59.1 Å². The molecule has 0 bridgehead atoms. The maximum atomic E-state index is 13.7. The van der Waals surface area contributed by atoms with Gasteiger partial charge < -0.3 is 19.8 Å². The minimum absolute atomic E-state index is 0. The summed E-state index contributed by atoms with van der Waals surface area (Å²) in [7, 11) is 0. The van der Waals surface area contributed by atoms with Crippen molar-refractivity contribution in [1.29, 1.82) is 0 Å². The van der Waals surface area contributed by atoms with Crippen molar-refractivity contribution in [2.75, 3.05) is 0 Å². The van der Waals surface area contributed by atoms with Crippen LogP contribution in [-0.2, 0) is 0 Å². The summed E-state index contributed by atoms with van der Waals surface area (Å²) in [5.41, 5.74) is 1.28. The minimum atomic E-state index is -1.36. The second-order valence-electron chi connectivity index (χ2n) is 9.21. The molecule has 8 rings (SSSR count). The molecule has 8 aromatic rings. The number of carboxylic acid groups (broad SMARTS) is 2. The number of benzene rings is 4. The van der Waals surface area contributed by atoms with Gasteiger partial charge in [0.1, 0.15) is 11.3 Å². The number of aromatic carboxylic acids is 2. The summed E-state index contributed by atoms with van der Waals surface area (Å²) in [6, 6.07) is 15.2. The van der Waals surface area contributed by atoms with Crippen LogP contribution in [0.3, 0.4) is 0 Å². The largest absolute Gasteiger partial charge is 1.00 e. The quantitative estimate of drug-likeness (QED) is 0.155. The van der Waals surface area contributed by atoms with E-state index >= 15 is 0 Å². The van der Waals surface area contributed by atoms with E-state index < -0.39 is 23.1 Å². The van der Waals surface area contributed by atoms with Crippen LogP contribution in [0.5, 0.6) is 0 Å². The van der Waals surface area contributed by atoms with Crippen molar-refractivity contribution in [2.24, 2.45) is 0 Å². The summed E-state index contributed by atoms with van der Waals surface area (Å²) in [4.78, 5) is 59.6. The van der Waals surface area contributed by atoms with Gasteiger partial charge in [0.25, 0.3) is 11.1 Å². The number of imidazole rings is 2. The van der Waals surface area contributed by atoms with E-state index in [2.05, 4.69) is 9.97 Å². The average molecular weight is 544 g/mol. The van der Waals surface area contributed by atoms with Gasteiger partial charge in [-0.05, 0) is 59.7 Å². The van der Waals surface area contributed by atoms with Crippen LogP contribution < -0.4 is 80.4 Å². The van der Waals surface area contributed by atoms with Gasteiger partial charge in [0, 0.05) is 32.3 Å². The molecule has 0 N–H and O–H groups in total. The van der Waals surface area contributed by atoms with Crippen molar-refractivity contribution in [1.82, 2.24) is 18.8 Å². The van der Waals surface area contributed by atoms with Crippen LogP contribution in [0.15, 0.2) is 70.3 Å². The summed E-state index contributed by atoms with van der Waals surface area (Å²) in [6.07, 6.45) is 0. The zero-order valence-corrected chi connectivity index (χ0v) is 25.0. The molecule has 40 heavy (non-hydrogen) atoms. The smallest absolute Gasteiger partial charge is 0.545 e. The van der Waals surface area contributed by atoms with Crippen LogP contribution in [0.1, 0.15) is 20.7 Å². The van der Waals surface area contributed by atoms with Gasteiger partial charge in [0.2, 0.25) is 0 Å². The number of hydrogen-bond acceptors (Lipinski definition) is 8. The molecule has 10 nitrogen and oxygen atoms in total. The first-order chi connectivity index (χ1) is 18.3. The SMILES string of the molecule is O=C([O-])c1ccc2nc3c4ccc5c6c(ccc(c(=O)n3c2c1)c46)c(=O)n1c2cc(C(=O)[O-])ccc2nc51.[Na+].[Na+]. The molecule has 0 atom stereocenters. The van der Waals surface area contributed by atoms with Crippen LogP contribution in [0.25, 0.3) is 65.7 Å². The average Bonchev–Trinajstić information content (AvgIpc) is 3.49. The zero-order valence-electron chi connectivity index (χ0n) is 21.0. The van der Waals surface area contributed by atoms with Crippen LogP contribution >= 0.6 is 0 Å². The number of hydrogen-bond donors (Lipinski definition) is 0. The Labute approximate surface area is 265 Å². The van der Waals surface area contributed by atoms with E-state index in [1.54, 1.807) is 24.3 Å². The van der Waals surface area contributed by atoms with E-state index in [4.69, 9.17) is 0 Å². The third-order valence-corrected chi connectivity index (χ3v) is 7.29. The molecule has 0 spiro atoms. The van der Waals surface area contributed by atoms with Gasteiger partial charge in [-0.1, -0.05) is 12.1 Å². The zero-order chi connectivity index (χ0) is 26.0. The Morgan fingerprint density at radius 1 is 0.575 bits per heavy atom. The van der Waals surface area contributed by atoms with Crippen LogP contribution in [-0.4, -0.2) is 30.7 Å². The van der Waals surface area contributed by atoms with E-state index in [0.29, 0.717) is 65.7 Å². The molecule has 12 heteroatoms.